The standard InChI is InChI=1S/2C24H19NO3S/c26-24(27)19-7-3-5-17(13-19)16-29-22-9-4-8-21(14-22)28-15-20-12-11-18-6-1-2-10-23(18)25-20;26-24(27)19-10-8-17(9-11-19)16-29-22-6-3-5-21(14-22)28-15-20-13-12-18-4-1-2-7-23(18)25-20/h2*1-14H,15-16H2,(H,26,27). The Bertz CT molecular complexity index is 2670. The number of benzene rings is 6. The molecule has 8 nitrogen and oxygen atoms in total. The fraction of sp³-hybridized carbons (Fsp3) is 0.0833. The van der Waals surface area contributed by atoms with Gasteiger partial charge in [-0.1, -0.05) is 84.9 Å². The molecular formula is C48H38N2O6S2. The summed E-state index contributed by atoms with van der Waals surface area (Å²) in [6, 6.07) is 54.0. The van der Waals surface area contributed by atoms with Crippen LogP contribution in [-0.2, 0) is 24.7 Å². The number of carbonyl (C=O) groups is 2. The van der Waals surface area contributed by atoms with Gasteiger partial charge in [0.1, 0.15) is 24.7 Å². The van der Waals surface area contributed by atoms with Gasteiger partial charge in [-0.05, 0) is 96.1 Å². The van der Waals surface area contributed by atoms with E-state index in [2.05, 4.69) is 22.1 Å². The van der Waals surface area contributed by atoms with Gasteiger partial charge in [-0.2, -0.15) is 0 Å². The Morgan fingerprint density at radius 2 is 0.966 bits per heavy atom. The molecule has 0 aliphatic heterocycles. The van der Waals surface area contributed by atoms with E-state index in [0.717, 1.165) is 71.4 Å². The number of hydrogen-bond acceptors (Lipinski definition) is 8. The van der Waals surface area contributed by atoms with E-state index in [1.807, 2.05) is 127 Å². The molecule has 0 aliphatic carbocycles. The summed E-state index contributed by atoms with van der Waals surface area (Å²) >= 11 is 3.33. The summed E-state index contributed by atoms with van der Waals surface area (Å²) in [6.45, 7) is 0.815. The van der Waals surface area contributed by atoms with Crippen LogP contribution in [0.1, 0.15) is 43.2 Å². The molecule has 0 saturated heterocycles. The molecule has 0 atom stereocenters. The molecule has 0 amide bonds. The molecule has 2 N–H and O–H groups in total. The van der Waals surface area contributed by atoms with Gasteiger partial charge in [-0.3, -0.25) is 0 Å². The molecule has 0 fully saturated rings. The van der Waals surface area contributed by atoms with Crippen LogP contribution in [0.4, 0.5) is 0 Å². The molecule has 0 unspecified atom stereocenters. The van der Waals surface area contributed by atoms with Gasteiger partial charge in [0.25, 0.3) is 0 Å². The number of para-hydroxylation sites is 2. The van der Waals surface area contributed by atoms with Crippen molar-refractivity contribution in [2.75, 3.05) is 0 Å². The molecule has 8 rings (SSSR count). The van der Waals surface area contributed by atoms with Crippen molar-refractivity contribution in [1.29, 1.82) is 0 Å². The number of aromatic nitrogens is 2. The normalized spacial score (nSPS) is 10.8. The predicted octanol–water partition coefficient (Wildman–Crippen LogP) is 11.6. The summed E-state index contributed by atoms with van der Waals surface area (Å²) in [7, 11) is 0. The second-order valence-electron chi connectivity index (χ2n) is 13.1. The first-order valence-corrected chi connectivity index (χ1v) is 20.4. The van der Waals surface area contributed by atoms with E-state index < -0.39 is 11.9 Å². The number of aromatic carboxylic acids is 2. The number of fused-ring (bicyclic) bond motifs is 2. The minimum absolute atomic E-state index is 0.302. The molecule has 6 aromatic carbocycles. The quantitative estimate of drug-likeness (QED) is 0.103. The van der Waals surface area contributed by atoms with Crippen molar-refractivity contribution < 1.29 is 29.3 Å². The highest BCUT2D eigenvalue weighted by Crippen LogP contribution is 2.28. The Morgan fingerprint density at radius 1 is 0.466 bits per heavy atom. The number of nitrogens with zero attached hydrogens (tertiary/aromatic N) is 2. The highest BCUT2D eigenvalue weighted by Gasteiger charge is 2.07. The average molecular weight is 803 g/mol. The lowest BCUT2D eigenvalue weighted by Gasteiger charge is -2.09. The lowest BCUT2D eigenvalue weighted by Crippen LogP contribution is -1.98. The van der Waals surface area contributed by atoms with Crippen LogP contribution in [0.25, 0.3) is 21.8 Å². The van der Waals surface area contributed by atoms with Crippen LogP contribution in [0.15, 0.2) is 180 Å². The first kappa shape index (κ1) is 39.6. The Labute approximate surface area is 344 Å². The van der Waals surface area contributed by atoms with Gasteiger partial charge in [0.05, 0.1) is 33.5 Å². The minimum atomic E-state index is -0.908. The van der Waals surface area contributed by atoms with Gasteiger partial charge in [0.2, 0.25) is 0 Å². The molecule has 288 valence electrons. The highest BCUT2D eigenvalue weighted by molar-refractivity contribution is 7.98. The average Bonchev–Trinajstić information content (AvgIpc) is 3.27. The second kappa shape index (κ2) is 19.5. The molecule has 0 spiro atoms. The van der Waals surface area contributed by atoms with Crippen molar-refractivity contribution in [2.45, 2.75) is 34.5 Å². The molecular weight excluding hydrogens is 765 g/mol. The van der Waals surface area contributed by atoms with Crippen molar-refractivity contribution >= 4 is 57.3 Å². The third-order valence-electron chi connectivity index (χ3n) is 8.88. The van der Waals surface area contributed by atoms with E-state index in [4.69, 9.17) is 19.7 Å². The number of carboxylic acids is 2. The first-order valence-electron chi connectivity index (χ1n) is 18.4. The van der Waals surface area contributed by atoms with Crippen LogP contribution in [0.3, 0.4) is 0 Å². The van der Waals surface area contributed by atoms with Crippen molar-refractivity contribution in [1.82, 2.24) is 9.97 Å². The van der Waals surface area contributed by atoms with Crippen molar-refractivity contribution in [3.05, 3.63) is 203 Å². The topological polar surface area (TPSA) is 119 Å². The Hall–Kier alpha value is -6.62. The van der Waals surface area contributed by atoms with Crippen LogP contribution in [0.5, 0.6) is 11.5 Å². The minimum Gasteiger partial charge on any atom is -0.487 e. The summed E-state index contributed by atoms with van der Waals surface area (Å²) in [6.07, 6.45) is 0. The lowest BCUT2D eigenvalue weighted by molar-refractivity contribution is 0.0686. The predicted molar refractivity (Wildman–Crippen MR) is 231 cm³/mol. The van der Waals surface area contributed by atoms with Gasteiger partial charge in [-0.15, -0.1) is 23.5 Å². The number of rotatable bonds is 14. The maximum absolute atomic E-state index is 11.1. The fourth-order valence-corrected chi connectivity index (χ4v) is 7.66. The van der Waals surface area contributed by atoms with E-state index in [-0.39, 0.29) is 0 Å². The summed E-state index contributed by atoms with van der Waals surface area (Å²) in [5, 5.41) is 20.3. The molecule has 0 aliphatic rings. The Balaban J connectivity index is 0.000000177. The first-order chi connectivity index (χ1) is 28.3. The van der Waals surface area contributed by atoms with Gasteiger partial charge in [0.15, 0.2) is 0 Å². The zero-order valence-electron chi connectivity index (χ0n) is 31.2. The van der Waals surface area contributed by atoms with Crippen LogP contribution >= 0.6 is 23.5 Å². The van der Waals surface area contributed by atoms with Crippen molar-refractivity contribution in [2.24, 2.45) is 0 Å². The molecule has 0 bridgehead atoms. The van der Waals surface area contributed by atoms with Gasteiger partial charge in [0, 0.05) is 32.1 Å². The number of carboxylic acid groups (broad SMARTS) is 2. The van der Waals surface area contributed by atoms with Gasteiger partial charge >= 0.3 is 11.9 Å². The zero-order chi connectivity index (χ0) is 40.1. The summed E-state index contributed by atoms with van der Waals surface area (Å²) < 4.78 is 11.9. The summed E-state index contributed by atoms with van der Waals surface area (Å²) in [4.78, 5) is 33.5. The molecule has 0 radical (unpaired) electrons. The zero-order valence-corrected chi connectivity index (χ0v) is 32.9. The van der Waals surface area contributed by atoms with Crippen LogP contribution in [0, 0.1) is 0 Å². The highest BCUT2D eigenvalue weighted by atomic mass is 32.2. The third-order valence-corrected chi connectivity index (χ3v) is 11.0. The van der Waals surface area contributed by atoms with Crippen LogP contribution in [0.2, 0.25) is 0 Å². The van der Waals surface area contributed by atoms with E-state index in [1.165, 1.54) is 0 Å². The molecule has 10 heteroatoms. The monoisotopic (exact) mass is 802 g/mol. The van der Waals surface area contributed by atoms with Gasteiger partial charge in [-0.25, -0.2) is 19.6 Å². The van der Waals surface area contributed by atoms with E-state index in [1.54, 1.807) is 53.9 Å². The van der Waals surface area contributed by atoms with E-state index >= 15 is 0 Å². The maximum Gasteiger partial charge on any atom is 0.335 e. The number of pyridine rings is 2. The Morgan fingerprint density at radius 3 is 1.50 bits per heavy atom. The Kier molecular flexibility index (Phi) is 13.3. The summed E-state index contributed by atoms with van der Waals surface area (Å²) in [5.74, 6) is 1.21. The van der Waals surface area contributed by atoms with Crippen LogP contribution in [-0.4, -0.2) is 32.1 Å². The number of thioether (sulfide) groups is 2. The molecule has 2 aromatic heterocycles. The fourth-order valence-electron chi connectivity index (χ4n) is 5.87. The van der Waals surface area contributed by atoms with Crippen LogP contribution < -0.4 is 9.47 Å². The maximum atomic E-state index is 11.1. The molecule has 0 saturated carbocycles. The second-order valence-corrected chi connectivity index (χ2v) is 15.2. The number of hydrogen-bond donors (Lipinski definition) is 2. The van der Waals surface area contributed by atoms with Crippen molar-refractivity contribution in [3.8, 4) is 11.5 Å². The number of ether oxygens (including phenoxy) is 2. The van der Waals surface area contributed by atoms with Crippen molar-refractivity contribution in [3.63, 3.8) is 0 Å². The SMILES string of the molecule is O=C(O)c1ccc(CSc2cccc(OCc3ccc4ccccc4n3)c2)cc1.O=C(O)c1cccc(CSc2cccc(OCc3ccc4ccccc4n3)c2)c1. The molecule has 8 aromatic rings. The van der Waals surface area contributed by atoms with Gasteiger partial charge < -0.3 is 19.7 Å². The molecule has 2 heterocycles. The largest absolute Gasteiger partial charge is 0.487 e. The van der Waals surface area contributed by atoms with E-state index in [0.29, 0.717) is 30.1 Å². The smallest absolute Gasteiger partial charge is 0.335 e. The lowest BCUT2D eigenvalue weighted by atomic mass is 10.1. The third kappa shape index (κ3) is 11.2. The summed E-state index contributed by atoms with van der Waals surface area (Å²) in [5.41, 5.74) is 6.36. The van der Waals surface area contributed by atoms with E-state index in [9.17, 15) is 9.59 Å². The molecule has 58 heavy (non-hydrogen) atoms.